The van der Waals surface area contributed by atoms with Gasteiger partial charge in [0.1, 0.15) is 18.0 Å². The average molecular weight is 537 g/mol. The fourth-order valence-corrected chi connectivity index (χ4v) is 4.91. The Morgan fingerprint density at radius 2 is 1.71 bits per heavy atom. The molecule has 0 fully saturated rings. The summed E-state index contributed by atoms with van der Waals surface area (Å²) in [5.41, 5.74) is 2.12. The van der Waals surface area contributed by atoms with Crippen LogP contribution in [0.1, 0.15) is 22.1 Å². The van der Waals surface area contributed by atoms with E-state index < -0.39 is 11.3 Å². The molecule has 0 saturated heterocycles. The van der Waals surface area contributed by atoms with Crippen molar-refractivity contribution in [2.24, 2.45) is 0 Å². The molecule has 0 saturated carbocycles. The van der Waals surface area contributed by atoms with E-state index in [1.54, 1.807) is 6.07 Å². The summed E-state index contributed by atoms with van der Waals surface area (Å²) in [6.45, 7) is 0.0472. The largest absolute Gasteiger partial charge is 0.462 e. The molecule has 0 amide bonds. The van der Waals surface area contributed by atoms with Crippen LogP contribution in [-0.4, -0.2) is 16.6 Å². The van der Waals surface area contributed by atoms with Crippen molar-refractivity contribution in [1.29, 1.82) is 0 Å². The fraction of sp³-hybridized carbons (Fsp3) is 0.111. The highest BCUT2D eigenvalue weighted by molar-refractivity contribution is 9.10. The number of benzene rings is 3. The van der Waals surface area contributed by atoms with E-state index in [4.69, 9.17) is 21.1 Å². The van der Waals surface area contributed by atoms with Gasteiger partial charge in [-0.15, -0.1) is 0 Å². The molecule has 1 aromatic heterocycles. The molecule has 2 heterocycles. The molecule has 5 nitrogen and oxygen atoms in total. The minimum absolute atomic E-state index is 0.0472. The predicted molar refractivity (Wildman–Crippen MR) is 136 cm³/mol. The molecule has 1 atom stereocenters. The molecule has 0 spiro atoms. The Hall–Kier alpha value is -3.35. The number of nitrogens with zero attached hydrogens (tertiary/aromatic N) is 1. The lowest BCUT2D eigenvalue weighted by atomic mass is 9.95. The second kappa shape index (κ2) is 9.49. The molecule has 34 heavy (non-hydrogen) atoms. The molecule has 0 N–H and O–H groups in total. The summed E-state index contributed by atoms with van der Waals surface area (Å²) in [5, 5.41) is 0.388. The number of hydrogen-bond acceptors (Lipinski definition) is 4. The Labute approximate surface area is 209 Å². The van der Waals surface area contributed by atoms with E-state index in [1.165, 1.54) is 10.8 Å². The lowest BCUT2D eigenvalue weighted by Gasteiger charge is -2.25. The van der Waals surface area contributed by atoms with Crippen LogP contribution >= 0.6 is 27.5 Å². The van der Waals surface area contributed by atoms with Crippen LogP contribution in [-0.2, 0) is 15.9 Å². The quantitative estimate of drug-likeness (QED) is 0.266. The minimum Gasteiger partial charge on any atom is -0.462 e. The monoisotopic (exact) mass is 535 g/mol. The van der Waals surface area contributed by atoms with Gasteiger partial charge in [-0.3, -0.25) is 14.2 Å². The molecule has 1 unspecified atom stereocenters. The van der Waals surface area contributed by atoms with Crippen molar-refractivity contribution in [3.8, 4) is 11.1 Å². The number of pyridine rings is 1. The van der Waals surface area contributed by atoms with Crippen molar-refractivity contribution in [3.05, 3.63) is 117 Å². The van der Waals surface area contributed by atoms with Gasteiger partial charge in [0.25, 0.3) is 10.8 Å². The highest BCUT2D eigenvalue weighted by Gasteiger charge is 2.31. The van der Waals surface area contributed by atoms with Gasteiger partial charge in [0.2, 0.25) is 6.79 Å². The van der Waals surface area contributed by atoms with Crippen LogP contribution in [0, 0.1) is 0 Å². The molecule has 0 bridgehead atoms. The van der Waals surface area contributed by atoms with Crippen LogP contribution in [0.4, 0.5) is 0 Å². The Kier molecular flexibility index (Phi) is 6.26. The SMILES string of the molecule is O=C(Cl)c1c(-c2ccccc2)c2cc(Br)ccc2c(=O)n1C(Cc1ccccc1)C1=COCO1. The molecule has 7 heteroatoms. The minimum atomic E-state index is -0.726. The molecule has 170 valence electrons. The first-order chi connectivity index (χ1) is 16.5. The van der Waals surface area contributed by atoms with Crippen molar-refractivity contribution in [1.82, 2.24) is 4.57 Å². The maximum Gasteiger partial charge on any atom is 0.269 e. The lowest BCUT2D eigenvalue weighted by molar-refractivity contribution is 0.0707. The number of ether oxygens (including phenoxy) is 2. The first-order valence-electron chi connectivity index (χ1n) is 10.7. The standard InChI is InChI=1S/C27H19BrClNO4/c28-19-11-12-20-21(14-19)24(18-9-5-2-6-10-18)25(26(29)31)30(27(20)32)22(23-15-33-16-34-23)13-17-7-3-1-4-8-17/h1-12,14-15,22H,13,16H2. The predicted octanol–water partition coefficient (Wildman–Crippen LogP) is 6.44. The number of hydrogen-bond donors (Lipinski definition) is 0. The van der Waals surface area contributed by atoms with Crippen LogP contribution in [0.25, 0.3) is 21.9 Å². The summed E-state index contributed by atoms with van der Waals surface area (Å²) in [6, 6.07) is 23.9. The summed E-state index contributed by atoms with van der Waals surface area (Å²) < 4.78 is 13.3. The highest BCUT2D eigenvalue weighted by atomic mass is 79.9. The number of aromatic nitrogens is 1. The number of carbonyl (C=O) groups excluding carboxylic acids is 1. The number of allylic oxidation sites excluding steroid dienone is 1. The molecule has 4 aromatic rings. The van der Waals surface area contributed by atoms with E-state index in [9.17, 15) is 9.59 Å². The number of fused-ring (bicyclic) bond motifs is 1. The van der Waals surface area contributed by atoms with Gasteiger partial charge in [-0.05, 0) is 46.3 Å². The normalized spacial score (nSPS) is 13.8. The smallest absolute Gasteiger partial charge is 0.269 e. The zero-order valence-electron chi connectivity index (χ0n) is 17.9. The number of halogens is 2. The van der Waals surface area contributed by atoms with Crippen LogP contribution < -0.4 is 5.56 Å². The third kappa shape index (κ3) is 4.15. The Morgan fingerprint density at radius 3 is 2.35 bits per heavy atom. The molecular weight excluding hydrogens is 518 g/mol. The van der Waals surface area contributed by atoms with Crippen LogP contribution in [0.15, 0.2) is 100 Å². The van der Waals surface area contributed by atoms with Gasteiger partial charge in [0.15, 0.2) is 5.76 Å². The van der Waals surface area contributed by atoms with Gasteiger partial charge in [-0.1, -0.05) is 76.6 Å². The average Bonchev–Trinajstić information content (AvgIpc) is 3.38. The van der Waals surface area contributed by atoms with Gasteiger partial charge in [-0.25, -0.2) is 0 Å². The second-order valence-corrected chi connectivity index (χ2v) is 9.14. The summed E-state index contributed by atoms with van der Waals surface area (Å²) in [6.07, 6.45) is 1.90. The molecule has 1 aliphatic rings. The van der Waals surface area contributed by atoms with Gasteiger partial charge >= 0.3 is 0 Å². The van der Waals surface area contributed by atoms with Crippen LogP contribution in [0.2, 0.25) is 0 Å². The third-order valence-electron chi connectivity index (χ3n) is 5.83. The molecule has 3 aromatic carbocycles. The van der Waals surface area contributed by atoms with Crippen molar-refractivity contribution in [3.63, 3.8) is 0 Å². The molecular formula is C27H19BrClNO4. The van der Waals surface area contributed by atoms with Gasteiger partial charge in [0.05, 0.1) is 0 Å². The van der Waals surface area contributed by atoms with Gasteiger partial charge in [0, 0.05) is 21.8 Å². The topological polar surface area (TPSA) is 57.5 Å². The first kappa shape index (κ1) is 22.4. The summed E-state index contributed by atoms with van der Waals surface area (Å²) in [7, 11) is 0. The Morgan fingerprint density at radius 1 is 1.00 bits per heavy atom. The van der Waals surface area contributed by atoms with Crippen molar-refractivity contribution >= 4 is 43.5 Å². The zero-order valence-corrected chi connectivity index (χ0v) is 20.3. The van der Waals surface area contributed by atoms with Gasteiger partial charge in [-0.2, -0.15) is 0 Å². The van der Waals surface area contributed by atoms with Crippen LogP contribution in [0.3, 0.4) is 0 Å². The third-order valence-corrected chi connectivity index (χ3v) is 6.50. The number of rotatable bonds is 6. The van der Waals surface area contributed by atoms with E-state index in [2.05, 4.69) is 15.9 Å². The lowest BCUT2D eigenvalue weighted by Crippen LogP contribution is -2.32. The fourth-order valence-electron chi connectivity index (χ4n) is 4.36. The van der Waals surface area contributed by atoms with E-state index in [0.29, 0.717) is 28.5 Å². The molecule has 0 radical (unpaired) electrons. The van der Waals surface area contributed by atoms with E-state index in [0.717, 1.165) is 15.6 Å². The Bertz CT molecular complexity index is 1470. The summed E-state index contributed by atoms with van der Waals surface area (Å²) in [5.74, 6) is 0.459. The Balaban J connectivity index is 1.88. The number of carbonyl (C=O) groups is 1. The van der Waals surface area contributed by atoms with E-state index in [1.807, 2.05) is 72.8 Å². The van der Waals surface area contributed by atoms with Gasteiger partial charge < -0.3 is 9.47 Å². The van der Waals surface area contributed by atoms with E-state index >= 15 is 0 Å². The van der Waals surface area contributed by atoms with Crippen molar-refractivity contribution in [2.45, 2.75) is 12.5 Å². The summed E-state index contributed by atoms with van der Waals surface area (Å²) >= 11 is 9.73. The van der Waals surface area contributed by atoms with Crippen molar-refractivity contribution < 1.29 is 14.3 Å². The molecule has 5 rings (SSSR count). The van der Waals surface area contributed by atoms with Crippen molar-refractivity contribution in [2.75, 3.05) is 6.79 Å². The first-order valence-corrected chi connectivity index (χ1v) is 11.8. The maximum absolute atomic E-state index is 14.0. The molecule has 0 aliphatic carbocycles. The zero-order chi connectivity index (χ0) is 23.7. The second-order valence-electron chi connectivity index (χ2n) is 7.88. The highest BCUT2D eigenvalue weighted by Crippen LogP contribution is 2.36. The summed E-state index contributed by atoms with van der Waals surface area (Å²) in [4.78, 5) is 27.0. The maximum atomic E-state index is 14.0. The van der Waals surface area contributed by atoms with Crippen LogP contribution in [0.5, 0.6) is 0 Å². The van der Waals surface area contributed by atoms with E-state index in [-0.39, 0.29) is 18.0 Å². The molecule has 1 aliphatic heterocycles.